The fourth-order valence-electron chi connectivity index (χ4n) is 1.44. The number of hydrogen-bond acceptors (Lipinski definition) is 5. The van der Waals surface area contributed by atoms with E-state index in [1.165, 1.54) is 4.90 Å². The first-order valence-electron chi connectivity index (χ1n) is 5.74. The molecule has 7 heteroatoms. The first-order chi connectivity index (χ1) is 8.28. The Balaban J connectivity index is 2.32. The quantitative estimate of drug-likeness (QED) is 0.660. The van der Waals surface area contributed by atoms with Gasteiger partial charge in [0.15, 0.2) is 5.78 Å². The molecule has 1 fully saturated rings. The third-order valence-corrected chi connectivity index (χ3v) is 2.13. The Morgan fingerprint density at radius 1 is 1.33 bits per heavy atom. The van der Waals surface area contributed by atoms with Crippen molar-refractivity contribution in [2.24, 2.45) is 0 Å². The molecule has 7 nitrogen and oxygen atoms in total. The molecule has 1 aliphatic rings. The second-order valence-corrected chi connectivity index (χ2v) is 5.04. The van der Waals surface area contributed by atoms with E-state index < -0.39 is 17.8 Å². The smallest absolute Gasteiger partial charge is 0.441 e. The molecule has 0 unspecified atom stereocenters. The van der Waals surface area contributed by atoms with Crippen molar-refractivity contribution >= 4 is 18.0 Å². The minimum Gasteiger partial charge on any atom is -0.442 e. The van der Waals surface area contributed by atoms with E-state index in [2.05, 4.69) is 4.84 Å². The first kappa shape index (κ1) is 14.3. The number of carbonyl (C=O) groups excluding carboxylic acids is 3. The van der Waals surface area contributed by atoms with Gasteiger partial charge in [-0.15, -0.1) is 5.48 Å². The van der Waals surface area contributed by atoms with Crippen molar-refractivity contribution in [2.75, 3.05) is 13.1 Å². The van der Waals surface area contributed by atoms with Crippen LogP contribution in [0.1, 0.15) is 33.6 Å². The number of carbonyl (C=O) groups is 3. The predicted octanol–water partition coefficient (Wildman–Crippen LogP) is 1.23. The van der Waals surface area contributed by atoms with Gasteiger partial charge in [-0.3, -0.25) is 9.69 Å². The number of ether oxygens (including phenoxy) is 1. The topological polar surface area (TPSA) is 84.9 Å². The van der Waals surface area contributed by atoms with Gasteiger partial charge in [0.25, 0.3) is 0 Å². The maximum Gasteiger partial charge on any atom is 0.441 e. The number of hydroxylamine groups is 1. The molecular weight excluding hydrogens is 240 g/mol. The lowest BCUT2D eigenvalue weighted by atomic mass is 10.1. The van der Waals surface area contributed by atoms with E-state index in [1.54, 1.807) is 20.8 Å². The molecule has 0 saturated carbocycles. The fraction of sp³-hybridized carbons (Fsp3) is 0.727. The summed E-state index contributed by atoms with van der Waals surface area (Å²) in [5.74, 6) is -0.0181. The highest BCUT2D eigenvalue weighted by Gasteiger charge is 2.24. The zero-order chi connectivity index (χ0) is 13.8. The molecule has 0 aromatic rings. The molecule has 1 N–H and O–H groups in total. The molecule has 1 aliphatic heterocycles. The Kier molecular flexibility index (Phi) is 4.52. The Hall–Kier alpha value is -1.79. The summed E-state index contributed by atoms with van der Waals surface area (Å²) in [6.45, 7) is 5.54. The van der Waals surface area contributed by atoms with Gasteiger partial charge in [-0.05, 0) is 27.2 Å². The van der Waals surface area contributed by atoms with Gasteiger partial charge in [-0.2, -0.15) is 0 Å². The number of hydrogen-bond donors (Lipinski definition) is 1. The number of likely N-dealkylation sites (tertiary alicyclic amines) is 1. The van der Waals surface area contributed by atoms with Gasteiger partial charge in [0.05, 0.1) is 6.54 Å². The van der Waals surface area contributed by atoms with Crippen molar-refractivity contribution in [3.05, 3.63) is 0 Å². The van der Waals surface area contributed by atoms with Crippen LogP contribution in [0.25, 0.3) is 0 Å². The molecular formula is C11H18N2O5. The summed E-state index contributed by atoms with van der Waals surface area (Å²) >= 11 is 0. The SMILES string of the molecule is CC(C)(C)OC(=O)NOC(=O)N1CCCC(=O)C1. The van der Waals surface area contributed by atoms with Crippen LogP contribution in [-0.2, 0) is 14.4 Å². The van der Waals surface area contributed by atoms with Gasteiger partial charge in [0.2, 0.25) is 0 Å². The average molecular weight is 258 g/mol. The van der Waals surface area contributed by atoms with Crippen LogP contribution < -0.4 is 5.48 Å². The van der Waals surface area contributed by atoms with Crippen LogP contribution in [0.5, 0.6) is 0 Å². The van der Waals surface area contributed by atoms with E-state index in [0.29, 0.717) is 19.4 Å². The molecule has 18 heavy (non-hydrogen) atoms. The monoisotopic (exact) mass is 258 g/mol. The van der Waals surface area contributed by atoms with Crippen molar-refractivity contribution in [3.8, 4) is 0 Å². The van der Waals surface area contributed by atoms with Gasteiger partial charge in [-0.1, -0.05) is 0 Å². The third kappa shape index (κ3) is 5.03. The molecule has 0 radical (unpaired) electrons. The van der Waals surface area contributed by atoms with Crippen LogP contribution in [-0.4, -0.2) is 41.6 Å². The molecule has 102 valence electrons. The highest BCUT2D eigenvalue weighted by Crippen LogP contribution is 2.08. The molecule has 2 amide bonds. The Morgan fingerprint density at radius 3 is 2.56 bits per heavy atom. The third-order valence-electron chi connectivity index (χ3n) is 2.13. The minimum atomic E-state index is -0.848. The molecule has 1 rings (SSSR count). The summed E-state index contributed by atoms with van der Waals surface area (Å²) in [4.78, 5) is 39.6. The average Bonchev–Trinajstić information content (AvgIpc) is 2.23. The summed E-state index contributed by atoms with van der Waals surface area (Å²) in [7, 11) is 0. The Morgan fingerprint density at radius 2 is 2.00 bits per heavy atom. The molecule has 0 aromatic carbocycles. The van der Waals surface area contributed by atoms with E-state index in [9.17, 15) is 14.4 Å². The zero-order valence-corrected chi connectivity index (χ0v) is 10.8. The molecule has 0 aliphatic carbocycles. The highest BCUT2D eigenvalue weighted by atomic mass is 16.7. The number of nitrogens with one attached hydrogen (secondary N) is 1. The van der Waals surface area contributed by atoms with Crippen molar-refractivity contribution < 1.29 is 24.0 Å². The normalized spacial score (nSPS) is 16.2. The standard InChI is InChI=1S/C11H18N2O5/c1-11(2,3)17-9(15)12-18-10(16)13-6-4-5-8(14)7-13/h4-7H2,1-3H3,(H,12,15). The van der Waals surface area contributed by atoms with Gasteiger partial charge in [-0.25, -0.2) is 9.59 Å². The highest BCUT2D eigenvalue weighted by molar-refractivity contribution is 5.85. The lowest BCUT2D eigenvalue weighted by Crippen LogP contribution is -2.44. The Labute approximate surface area is 105 Å². The van der Waals surface area contributed by atoms with Crippen LogP contribution in [0.2, 0.25) is 0 Å². The second kappa shape index (κ2) is 5.70. The zero-order valence-electron chi connectivity index (χ0n) is 10.8. The summed E-state index contributed by atoms with van der Waals surface area (Å²) in [6, 6.07) is 0. The summed E-state index contributed by atoms with van der Waals surface area (Å²) < 4.78 is 4.88. The number of Topliss-reactive ketones (excluding diaryl/α,β-unsaturated/α-hetero) is 1. The van der Waals surface area contributed by atoms with Gasteiger partial charge in [0, 0.05) is 13.0 Å². The van der Waals surface area contributed by atoms with E-state index in [0.717, 1.165) is 0 Å². The number of piperidine rings is 1. The molecule has 1 saturated heterocycles. The maximum absolute atomic E-state index is 11.5. The van der Waals surface area contributed by atoms with E-state index in [4.69, 9.17) is 4.74 Å². The van der Waals surface area contributed by atoms with Crippen LogP contribution in [0.4, 0.5) is 9.59 Å². The van der Waals surface area contributed by atoms with Crippen molar-refractivity contribution in [1.29, 1.82) is 0 Å². The molecule has 0 atom stereocenters. The van der Waals surface area contributed by atoms with Crippen molar-refractivity contribution in [2.45, 2.75) is 39.2 Å². The van der Waals surface area contributed by atoms with E-state index in [-0.39, 0.29) is 12.3 Å². The van der Waals surface area contributed by atoms with Gasteiger partial charge in [0.1, 0.15) is 5.60 Å². The van der Waals surface area contributed by atoms with Crippen LogP contribution in [0.3, 0.4) is 0 Å². The predicted molar refractivity (Wildman–Crippen MR) is 61.7 cm³/mol. The summed E-state index contributed by atoms with van der Waals surface area (Å²) in [5, 5.41) is 0. The number of rotatable bonds is 0. The van der Waals surface area contributed by atoms with Crippen LogP contribution >= 0.6 is 0 Å². The molecule has 0 aromatic heterocycles. The lowest BCUT2D eigenvalue weighted by Gasteiger charge is -2.25. The first-order valence-corrected chi connectivity index (χ1v) is 5.74. The molecule has 0 bridgehead atoms. The van der Waals surface area contributed by atoms with Crippen molar-refractivity contribution in [3.63, 3.8) is 0 Å². The summed E-state index contributed by atoms with van der Waals surface area (Å²) in [6.07, 6.45) is -0.517. The second-order valence-electron chi connectivity index (χ2n) is 5.04. The van der Waals surface area contributed by atoms with Crippen LogP contribution in [0, 0.1) is 0 Å². The fourth-order valence-corrected chi connectivity index (χ4v) is 1.44. The number of nitrogens with zero attached hydrogens (tertiary/aromatic N) is 1. The van der Waals surface area contributed by atoms with Crippen molar-refractivity contribution in [1.82, 2.24) is 10.4 Å². The van der Waals surface area contributed by atoms with Crippen LogP contribution in [0.15, 0.2) is 0 Å². The number of amides is 2. The molecule has 1 heterocycles. The van der Waals surface area contributed by atoms with E-state index >= 15 is 0 Å². The minimum absolute atomic E-state index is 0.0181. The summed E-state index contributed by atoms with van der Waals surface area (Å²) in [5.41, 5.74) is 1.22. The Bertz CT molecular complexity index is 348. The van der Waals surface area contributed by atoms with E-state index in [1.807, 2.05) is 5.48 Å². The van der Waals surface area contributed by atoms with Gasteiger partial charge >= 0.3 is 12.2 Å². The largest absolute Gasteiger partial charge is 0.442 e. The number of ketones is 1. The molecule has 0 spiro atoms. The van der Waals surface area contributed by atoms with Gasteiger partial charge < -0.3 is 9.57 Å². The maximum atomic E-state index is 11.5. The lowest BCUT2D eigenvalue weighted by molar-refractivity contribution is -0.121.